The van der Waals surface area contributed by atoms with E-state index in [-0.39, 0.29) is 5.41 Å². The van der Waals surface area contributed by atoms with Gasteiger partial charge >= 0.3 is 0 Å². The van der Waals surface area contributed by atoms with Crippen molar-refractivity contribution >= 4 is 0 Å². The molecule has 0 aliphatic heterocycles. The molecular weight excluding hydrogens is 296 g/mol. The monoisotopic (exact) mass is 326 g/mol. The maximum absolute atomic E-state index is 9.70. The molecule has 1 fully saturated rings. The van der Waals surface area contributed by atoms with Crippen molar-refractivity contribution in [3.8, 4) is 5.75 Å². The van der Waals surface area contributed by atoms with E-state index in [2.05, 4.69) is 44.2 Å². The number of ether oxygens (including phenoxy) is 1. The quantitative estimate of drug-likeness (QED) is 0.782. The molecule has 24 heavy (non-hydrogen) atoms. The van der Waals surface area contributed by atoms with Gasteiger partial charge in [-0.2, -0.15) is 0 Å². The molecule has 1 aromatic rings. The van der Waals surface area contributed by atoms with Crippen LogP contribution < -0.4 is 0 Å². The Hall–Kier alpha value is -1.70. The first-order valence-corrected chi connectivity index (χ1v) is 9.27. The second-order valence-electron chi connectivity index (χ2n) is 7.80. The molecule has 1 aromatic carbocycles. The van der Waals surface area contributed by atoms with Gasteiger partial charge in [0.1, 0.15) is 11.5 Å². The number of allylic oxidation sites excluding steroid dienone is 3. The first-order chi connectivity index (χ1) is 11.5. The number of rotatable bonds is 4. The van der Waals surface area contributed by atoms with Gasteiger partial charge in [0.05, 0.1) is 7.11 Å². The fourth-order valence-electron chi connectivity index (χ4n) is 4.66. The third-order valence-electron chi connectivity index (χ3n) is 6.29. The van der Waals surface area contributed by atoms with Crippen LogP contribution in [0.4, 0.5) is 0 Å². The van der Waals surface area contributed by atoms with Crippen LogP contribution in [0.5, 0.6) is 5.75 Å². The van der Waals surface area contributed by atoms with Crippen LogP contribution in [-0.4, -0.2) is 12.2 Å². The van der Waals surface area contributed by atoms with Crippen molar-refractivity contribution in [2.75, 3.05) is 7.11 Å². The zero-order valence-corrected chi connectivity index (χ0v) is 15.2. The van der Waals surface area contributed by atoms with Crippen molar-refractivity contribution < 1.29 is 9.84 Å². The van der Waals surface area contributed by atoms with E-state index < -0.39 is 0 Å². The highest BCUT2D eigenvalue weighted by molar-refractivity contribution is 5.36. The number of benzene rings is 1. The molecule has 1 unspecified atom stereocenters. The van der Waals surface area contributed by atoms with E-state index in [4.69, 9.17) is 4.74 Å². The summed E-state index contributed by atoms with van der Waals surface area (Å²) in [6.45, 7) is 4.70. The van der Waals surface area contributed by atoms with Gasteiger partial charge in [0.25, 0.3) is 0 Å². The molecule has 2 aliphatic rings. The summed E-state index contributed by atoms with van der Waals surface area (Å²) in [6, 6.07) is 7.93. The highest BCUT2D eigenvalue weighted by atomic mass is 16.5. The second-order valence-corrected chi connectivity index (χ2v) is 7.80. The number of aromatic hydroxyl groups is 1. The number of phenols is 1. The average molecular weight is 326 g/mol. The van der Waals surface area contributed by atoms with Crippen LogP contribution in [0.2, 0.25) is 0 Å². The first-order valence-electron chi connectivity index (χ1n) is 9.27. The van der Waals surface area contributed by atoms with Crippen LogP contribution in [0.3, 0.4) is 0 Å². The summed E-state index contributed by atoms with van der Waals surface area (Å²) in [4.78, 5) is 0. The molecule has 130 valence electrons. The molecule has 0 spiro atoms. The highest BCUT2D eigenvalue weighted by Crippen LogP contribution is 2.50. The van der Waals surface area contributed by atoms with Gasteiger partial charge in [-0.25, -0.2) is 0 Å². The fourth-order valence-corrected chi connectivity index (χ4v) is 4.66. The van der Waals surface area contributed by atoms with Gasteiger partial charge in [-0.05, 0) is 79.7 Å². The van der Waals surface area contributed by atoms with E-state index in [0.29, 0.717) is 11.7 Å². The zero-order chi connectivity index (χ0) is 17.2. The molecule has 2 aliphatic carbocycles. The lowest BCUT2D eigenvalue weighted by Gasteiger charge is -2.46. The van der Waals surface area contributed by atoms with E-state index in [1.54, 1.807) is 7.11 Å². The molecule has 1 saturated carbocycles. The second kappa shape index (κ2) is 7.04. The maximum Gasteiger partial charge on any atom is 0.115 e. The standard InChI is InChI=1S/C22H30O2/c1-16(2)17-11-13-22(14-12-17,18-7-9-20(23)10-8-18)19-5-4-6-21(15-19)24-3/h4,6-10,15-17,19,23H,5,11-14H2,1-3H3. The molecule has 0 heterocycles. The Morgan fingerprint density at radius 2 is 1.79 bits per heavy atom. The molecule has 2 nitrogen and oxygen atoms in total. The number of methoxy groups -OCH3 is 1. The Morgan fingerprint density at radius 1 is 1.12 bits per heavy atom. The SMILES string of the molecule is COC1=CC(C2(c3ccc(O)cc3)CCC(C(C)C)CC2)CC=C1. The van der Waals surface area contributed by atoms with E-state index in [9.17, 15) is 5.11 Å². The van der Waals surface area contributed by atoms with Crippen LogP contribution >= 0.6 is 0 Å². The van der Waals surface area contributed by atoms with Gasteiger partial charge in [-0.15, -0.1) is 0 Å². The lowest BCUT2D eigenvalue weighted by molar-refractivity contribution is 0.151. The normalized spacial score (nSPS) is 30.2. The van der Waals surface area contributed by atoms with Gasteiger partial charge in [-0.1, -0.05) is 32.1 Å². The van der Waals surface area contributed by atoms with Crippen LogP contribution in [-0.2, 0) is 10.2 Å². The summed E-state index contributed by atoms with van der Waals surface area (Å²) in [5, 5.41) is 9.70. The Balaban J connectivity index is 1.94. The predicted molar refractivity (Wildman–Crippen MR) is 98.9 cm³/mol. The lowest BCUT2D eigenvalue weighted by atomic mass is 9.58. The molecular formula is C22H30O2. The molecule has 0 aromatic heterocycles. The smallest absolute Gasteiger partial charge is 0.115 e. The third kappa shape index (κ3) is 3.24. The molecule has 3 rings (SSSR count). The Kier molecular flexibility index (Phi) is 5.03. The zero-order valence-electron chi connectivity index (χ0n) is 15.2. The van der Waals surface area contributed by atoms with Gasteiger partial charge in [0, 0.05) is 5.41 Å². The van der Waals surface area contributed by atoms with Crippen LogP contribution in [0.15, 0.2) is 48.3 Å². The Morgan fingerprint density at radius 3 is 2.38 bits per heavy atom. The van der Waals surface area contributed by atoms with Gasteiger partial charge < -0.3 is 9.84 Å². The topological polar surface area (TPSA) is 29.5 Å². The number of hydrogen-bond donors (Lipinski definition) is 1. The minimum absolute atomic E-state index is 0.160. The summed E-state index contributed by atoms with van der Waals surface area (Å²) < 4.78 is 5.51. The Bertz CT molecular complexity index is 601. The largest absolute Gasteiger partial charge is 0.508 e. The summed E-state index contributed by atoms with van der Waals surface area (Å²) in [5.74, 6) is 3.39. The number of hydrogen-bond acceptors (Lipinski definition) is 2. The maximum atomic E-state index is 9.70. The van der Waals surface area contributed by atoms with Crippen molar-refractivity contribution in [2.24, 2.45) is 17.8 Å². The first kappa shape index (κ1) is 17.1. The summed E-state index contributed by atoms with van der Waals surface area (Å²) in [5.41, 5.74) is 1.53. The number of phenolic OH excluding ortho intramolecular Hbond substituents is 1. The average Bonchev–Trinajstić information content (AvgIpc) is 2.62. The van der Waals surface area contributed by atoms with Gasteiger partial charge in [0.2, 0.25) is 0 Å². The van der Waals surface area contributed by atoms with Crippen molar-refractivity contribution in [1.29, 1.82) is 0 Å². The third-order valence-corrected chi connectivity index (χ3v) is 6.29. The van der Waals surface area contributed by atoms with Crippen LogP contribution in [0.25, 0.3) is 0 Å². The van der Waals surface area contributed by atoms with E-state index in [1.807, 2.05) is 12.1 Å². The molecule has 1 N–H and O–H groups in total. The summed E-state index contributed by atoms with van der Waals surface area (Å²) in [7, 11) is 1.75. The minimum Gasteiger partial charge on any atom is -0.508 e. The van der Waals surface area contributed by atoms with E-state index in [0.717, 1.165) is 24.0 Å². The minimum atomic E-state index is 0.160. The van der Waals surface area contributed by atoms with Crippen LogP contribution in [0.1, 0.15) is 51.5 Å². The van der Waals surface area contributed by atoms with Crippen molar-refractivity contribution in [3.05, 3.63) is 53.8 Å². The van der Waals surface area contributed by atoms with Crippen molar-refractivity contribution in [2.45, 2.75) is 51.4 Å². The van der Waals surface area contributed by atoms with E-state index >= 15 is 0 Å². The molecule has 0 amide bonds. The summed E-state index contributed by atoms with van der Waals surface area (Å²) in [6.07, 6.45) is 12.7. The van der Waals surface area contributed by atoms with Gasteiger partial charge in [0.15, 0.2) is 0 Å². The fraction of sp³-hybridized carbons (Fsp3) is 0.545. The predicted octanol–water partition coefficient (Wildman–Crippen LogP) is 5.58. The van der Waals surface area contributed by atoms with Gasteiger partial charge in [-0.3, -0.25) is 0 Å². The molecule has 2 heteroatoms. The Labute approximate surface area is 146 Å². The van der Waals surface area contributed by atoms with Crippen molar-refractivity contribution in [1.82, 2.24) is 0 Å². The van der Waals surface area contributed by atoms with E-state index in [1.165, 1.54) is 31.2 Å². The molecule has 0 bridgehead atoms. The highest BCUT2D eigenvalue weighted by Gasteiger charge is 2.43. The van der Waals surface area contributed by atoms with Crippen LogP contribution in [0, 0.1) is 17.8 Å². The summed E-state index contributed by atoms with van der Waals surface area (Å²) >= 11 is 0. The molecule has 1 atom stereocenters. The van der Waals surface area contributed by atoms with Crippen molar-refractivity contribution in [3.63, 3.8) is 0 Å². The molecule has 0 radical (unpaired) electrons. The lowest BCUT2D eigenvalue weighted by Crippen LogP contribution is -2.39. The molecule has 0 saturated heterocycles.